The predicted octanol–water partition coefficient (Wildman–Crippen LogP) is 4.02. The average molecular weight is 327 g/mol. The summed E-state index contributed by atoms with van der Waals surface area (Å²) in [4.78, 5) is 4.40. The summed E-state index contributed by atoms with van der Waals surface area (Å²) in [6, 6.07) is 8.15. The molecule has 2 aromatic rings. The zero-order valence-electron chi connectivity index (χ0n) is 9.40. The van der Waals surface area contributed by atoms with Crippen LogP contribution in [0.1, 0.15) is 20.3 Å². The Morgan fingerprint density at radius 3 is 2.94 bits per heavy atom. The Kier molecular flexibility index (Phi) is 3.63. The first-order chi connectivity index (χ1) is 7.72. The number of hydrogen-bond donors (Lipinski definition) is 0. The van der Waals surface area contributed by atoms with E-state index in [0.29, 0.717) is 0 Å². The maximum Gasteiger partial charge on any atom is 0.159 e. The third-order valence-corrected chi connectivity index (χ3v) is 3.42. The van der Waals surface area contributed by atoms with Gasteiger partial charge in [-0.25, -0.2) is 0 Å². The van der Waals surface area contributed by atoms with Gasteiger partial charge in [-0.2, -0.15) is 0 Å². The summed E-state index contributed by atoms with van der Waals surface area (Å²) in [6.07, 6.45) is 3.03. The lowest BCUT2D eigenvalue weighted by molar-refractivity contribution is 0.218. The molecular weight excluding hydrogens is 313 g/mol. The molecule has 2 rings (SSSR count). The Bertz CT molecular complexity index is 498. The molecule has 0 aliphatic heterocycles. The molecule has 0 saturated heterocycles. The number of ether oxygens (including phenoxy) is 1. The highest BCUT2D eigenvalue weighted by atomic mass is 127. The smallest absolute Gasteiger partial charge is 0.159 e. The second-order valence-corrected chi connectivity index (χ2v) is 4.95. The number of fused-ring (bicyclic) bond motifs is 1. The maximum atomic E-state index is 5.94. The first-order valence-corrected chi connectivity index (χ1v) is 6.50. The topological polar surface area (TPSA) is 22.1 Å². The van der Waals surface area contributed by atoms with Gasteiger partial charge in [-0.15, -0.1) is 0 Å². The van der Waals surface area contributed by atoms with Crippen LogP contribution in [0.2, 0.25) is 0 Å². The molecule has 0 fully saturated rings. The van der Waals surface area contributed by atoms with Crippen LogP contribution in [0.15, 0.2) is 30.5 Å². The van der Waals surface area contributed by atoms with Gasteiger partial charge in [-0.1, -0.05) is 19.1 Å². The summed E-state index contributed by atoms with van der Waals surface area (Å²) in [5, 5.41) is 1.13. The predicted molar refractivity (Wildman–Crippen MR) is 74.8 cm³/mol. The van der Waals surface area contributed by atoms with Gasteiger partial charge < -0.3 is 4.74 Å². The Labute approximate surface area is 109 Å². The standard InChI is InChI=1S/C13H14INO/c1-3-9(2)16-13-11(14)7-6-10-5-4-8-15-12(10)13/h4-9H,3H2,1-2H3/t9-/m0/s1. The molecule has 0 aliphatic carbocycles. The molecule has 0 amide bonds. The SMILES string of the molecule is CC[C@H](C)Oc1c(I)ccc2cccnc12. The summed E-state index contributed by atoms with van der Waals surface area (Å²) in [5.74, 6) is 0.910. The number of pyridine rings is 1. The van der Waals surface area contributed by atoms with Crippen LogP contribution in [0.5, 0.6) is 5.75 Å². The van der Waals surface area contributed by atoms with Crippen molar-refractivity contribution in [3.8, 4) is 5.75 Å². The number of hydrogen-bond acceptors (Lipinski definition) is 2. The summed E-state index contributed by atoms with van der Waals surface area (Å²) in [6.45, 7) is 4.20. The number of halogens is 1. The van der Waals surface area contributed by atoms with Crippen LogP contribution in [0.4, 0.5) is 0 Å². The largest absolute Gasteiger partial charge is 0.487 e. The van der Waals surface area contributed by atoms with Gasteiger partial charge in [0.25, 0.3) is 0 Å². The van der Waals surface area contributed by atoms with Gasteiger partial charge in [-0.05, 0) is 48.1 Å². The normalized spacial score (nSPS) is 12.7. The van der Waals surface area contributed by atoms with Crippen LogP contribution < -0.4 is 4.74 Å². The summed E-state index contributed by atoms with van der Waals surface area (Å²) in [7, 11) is 0. The summed E-state index contributed by atoms with van der Waals surface area (Å²) < 4.78 is 7.05. The molecule has 0 bridgehead atoms. The van der Waals surface area contributed by atoms with Gasteiger partial charge >= 0.3 is 0 Å². The fraction of sp³-hybridized carbons (Fsp3) is 0.308. The Balaban J connectivity index is 2.52. The van der Waals surface area contributed by atoms with E-state index in [1.54, 1.807) is 0 Å². The fourth-order valence-electron chi connectivity index (χ4n) is 1.49. The van der Waals surface area contributed by atoms with E-state index in [1.807, 2.05) is 12.3 Å². The van der Waals surface area contributed by atoms with Crippen LogP contribution in [-0.2, 0) is 0 Å². The molecule has 0 spiro atoms. The highest BCUT2D eigenvalue weighted by Gasteiger charge is 2.10. The van der Waals surface area contributed by atoms with Crippen molar-refractivity contribution < 1.29 is 4.74 Å². The van der Waals surface area contributed by atoms with Crippen molar-refractivity contribution in [2.75, 3.05) is 0 Å². The van der Waals surface area contributed by atoms with Crippen LogP contribution in [-0.4, -0.2) is 11.1 Å². The molecule has 16 heavy (non-hydrogen) atoms. The minimum Gasteiger partial charge on any atom is -0.487 e. The Hall–Kier alpha value is -0.840. The van der Waals surface area contributed by atoms with E-state index in [9.17, 15) is 0 Å². The van der Waals surface area contributed by atoms with Crippen LogP contribution in [0.3, 0.4) is 0 Å². The third kappa shape index (κ3) is 2.29. The van der Waals surface area contributed by atoms with E-state index in [-0.39, 0.29) is 6.10 Å². The molecule has 0 radical (unpaired) electrons. The Morgan fingerprint density at radius 2 is 2.19 bits per heavy atom. The van der Waals surface area contributed by atoms with E-state index in [2.05, 4.69) is 59.6 Å². The number of nitrogens with zero attached hydrogens (tertiary/aromatic N) is 1. The first kappa shape index (κ1) is 11.6. The van der Waals surface area contributed by atoms with Gasteiger partial charge in [0.05, 0.1) is 9.67 Å². The van der Waals surface area contributed by atoms with Gasteiger partial charge in [0.1, 0.15) is 5.52 Å². The number of aromatic nitrogens is 1. The molecule has 2 nitrogen and oxygen atoms in total. The first-order valence-electron chi connectivity index (χ1n) is 5.42. The van der Waals surface area contributed by atoms with E-state index in [0.717, 1.165) is 26.6 Å². The summed E-state index contributed by atoms with van der Waals surface area (Å²) >= 11 is 2.29. The zero-order chi connectivity index (χ0) is 11.5. The highest BCUT2D eigenvalue weighted by Crippen LogP contribution is 2.30. The van der Waals surface area contributed by atoms with Crippen molar-refractivity contribution in [1.82, 2.24) is 4.98 Å². The lowest BCUT2D eigenvalue weighted by Crippen LogP contribution is -2.11. The van der Waals surface area contributed by atoms with Gasteiger partial charge in [-0.3, -0.25) is 4.98 Å². The molecule has 1 heterocycles. The van der Waals surface area contributed by atoms with Crippen molar-refractivity contribution in [2.45, 2.75) is 26.4 Å². The lowest BCUT2D eigenvalue weighted by atomic mass is 10.2. The van der Waals surface area contributed by atoms with Crippen molar-refractivity contribution >= 4 is 33.5 Å². The second kappa shape index (κ2) is 4.99. The molecule has 1 aromatic carbocycles. The lowest BCUT2D eigenvalue weighted by Gasteiger charge is -2.15. The van der Waals surface area contributed by atoms with E-state index >= 15 is 0 Å². The third-order valence-electron chi connectivity index (χ3n) is 2.57. The minimum atomic E-state index is 0.223. The molecule has 1 aromatic heterocycles. The Morgan fingerprint density at radius 1 is 1.38 bits per heavy atom. The monoisotopic (exact) mass is 327 g/mol. The number of benzene rings is 1. The fourth-order valence-corrected chi connectivity index (χ4v) is 2.05. The second-order valence-electron chi connectivity index (χ2n) is 3.79. The summed E-state index contributed by atoms with van der Waals surface area (Å²) in [5.41, 5.74) is 0.953. The average Bonchev–Trinajstić information content (AvgIpc) is 2.32. The van der Waals surface area contributed by atoms with Gasteiger partial charge in [0.15, 0.2) is 5.75 Å². The van der Waals surface area contributed by atoms with Crippen LogP contribution in [0.25, 0.3) is 10.9 Å². The molecule has 0 saturated carbocycles. The molecule has 84 valence electrons. The van der Waals surface area contributed by atoms with Gasteiger partial charge in [0, 0.05) is 11.6 Å². The van der Waals surface area contributed by atoms with Crippen LogP contribution >= 0.6 is 22.6 Å². The van der Waals surface area contributed by atoms with E-state index in [1.165, 1.54) is 0 Å². The van der Waals surface area contributed by atoms with Crippen molar-refractivity contribution in [3.05, 3.63) is 34.0 Å². The van der Waals surface area contributed by atoms with Gasteiger partial charge in [0.2, 0.25) is 0 Å². The molecule has 0 unspecified atom stereocenters. The molecular formula is C13H14INO. The molecule has 1 atom stereocenters. The van der Waals surface area contributed by atoms with Crippen molar-refractivity contribution in [2.24, 2.45) is 0 Å². The van der Waals surface area contributed by atoms with Crippen LogP contribution in [0, 0.1) is 3.57 Å². The van der Waals surface area contributed by atoms with Crippen molar-refractivity contribution in [3.63, 3.8) is 0 Å². The molecule has 3 heteroatoms. The zero-order valence-corrected chi connectivity index (χ0v) is 11.6. The highest BCUT2D eigenvalue weighted by molar-refractivity contribution is 14.1. The quantitative estimate of drug-likeness (QED) is 0.795. The van der Waals surface area contributed by atoms with E-state index in [4.69, 9.17) is 4.74 Å². The molecule has 0 aliphatic rings. The maximum absolute atomic E-state index is 5.94. The molecule has 0 N–H and O–H groups in total. The van der Waals surface area contributed by atoms with Crippen molar-refractivity contribution in [1.29, 1.82) is 0 Å². The number of rotatable bonds is 3. The van der Waals surface area contributed by atoms with E-state index < -0.39 is 0 Å². The minimum absolute atomic E-state index is 0.223.